The van der Waals surface area contributed by atoms with Gasteiger partial charge >= 0.3 is 0 Å². The molecule has 2 atom stereocenters. The number of rotatable bonds is 5. The molecule has 0 aliphatic heterocycles. The number of hydrogen-bond acceptors (Lipinski definition) is 5. The van der Waals surface area contributed by atoms with Crippen molar-refractivity contribution in [2.45, 2.75) is 25.8 Å². The highest BCUT2D eigenvalue weighted by Crippen LogP contribution is 2.37. The molecule has 2 unspecified atom stereocenters. The molecule has 0 radical (unpaired) electrons. The Morgan fingerprint density at radius 3 is 2.76 bits per heavy atom. The Hall–Kier alpha value is -3.64. The molecular formula is C27H29N5O. The predicted octanol–water partition coefficient (Wildman–Crippen LogP) is 5.34. The van der Waals surface area contributed by atoms with Crippen LogP contribution in [0.1, 0.15) is 25.5 Å². The first kappa shape index (κ1) is 21.2. The Morgan fingerprint density at radius 1 is 1.18 bits per heavy atom. The maximum absolute atomic E-state index is 6.30. The van der Waals surface area contributed by atoms with Crippen molar-refractivity contribution in [3.05, 3.63) is 78.4 Å². The molecule has 2 aromatic heterocycles. The third-order valence-corrected chi connectivity index (χ3v) is 6.29. The molecule has 168 valence electrons. The number of benzene rings is 1. The fraction of sp³-hybridized carbons (Fsp3) is 0.259. The van der Waals surface area contributed by atoms with E-state index in [1.165, 1.54) is 5.57 Å². The summed E-state index contributed by atoms with van der Waals surface area (Å²) in [6.45, 7) is 2.19. The van der Waals surface area contributed by atoms with E-state index in [1.807, 2.05) is 36.5 Å². The Labute approximate surface area is 194 Å². The number of allylic oxidation sites excluding steroid dienone is 5. The van der Waals surface area contributed by atoms with Gasteiger partial charge in [-0.1, -0.05) is 43.4 Å². The first-order valence-corrected chi connectivity index (χ1v) is 11.3. The quantitative estimate of drug-likeness (QED) is 0.561. The molecule has 3 aromatic rings. The van der Waals surface area contributed by atoms with Gasteiger partial charge in [0.15, 0.2) is 5.82 Å². The molecule has 0 saturated heterocycles. The SMILES string of the molecule is CC1C=C(Oc2ccc(-c3cnc(C4=CC=CC(N(C)C)C4)c4[nH]nc(N)c34)cc2)C=CC1. The van der Waals surface area contributed by atoms with Gasteiger partial charge < -0.3 is 15.4 Å². The van der Waals surface area contributed by atoms with Crippen LogP contribution in [0.25, 0.3) is 27.6 Å². The van der Waals surface area contributed by atoms with E-state index in [9.17, 15) is 0 Å². The van der Waals surface area contributed by atoms with Crippen molar-refractivity contribution in [2.24, 2.45) is 5.92 Å². The average molecular weight is 440 g/mol. The number of nitrogens with one attached hydrogen (secondary N) is 1. The number of aromatic nitrogens is 3. The van der Waals surface area contributed by atoms with E-state index in [4.69, 9.17) is 15.5 Å². The lowest BCUT2D eigenvalue weighted by atomic mass is 9.94. The van der Waals surface area contributed by atoms with E-state index in [1.54, 1.807) is 0 Å². The van der Waals surface area contributed by atoms with Crippen LogP contribution in [0.5, 0.6) is 5.75 Å². The summed E-state index contributed by atoms with van der Waals surface area (Å²) in [5, 5.41) is 8.33. The van der Waals surface area contributed by atoms with E-state index < -0.39 is 0 Å². The topological polar surface area (TPSA) is 80.1 Å². The molecule has 3 N–H and O–H groups in total. The number of hydrogen-bond donors (Lipinski definition) is 2. The Balaban J connectivity index is 1.47. The van der Waals surface area contributed by atoms with Crippen molar-refractivity contribution < 1.29 is 4.74 Å². The number of nitrogens with two attached hydrogens (primary N) is 1. The summed E-state index contributed by atoms with van der Waals surface area (Å²) in [7, 11) is 4.18. The van der Waals surface area contributed by atoms with Crippen LogP contribution >= 0.6 is 0 Å². The van der Waals surface area contributed by atoms with Crippen LogP contribution in [0.4, 0.5) is 5.82 Å². The van der Waals surface area contributed by atoms with Gasteiger partial charge in [-0.05, 0) is 68.3 Å². The number of H-pyrrole nitrogens is 1. The van der Waals surface area contributed by atoms with E-state index >= 15 is 0 Å². The minimum absolute atomic E-state index is 0.339. The second kappa shape index (κ2) is 8.71. The molecular weight excluding hydrogens is 410 g/mol. The standard InChI is InChI=1S/C27H29N5O/c1-17-6-4-9-22(14-17)33-21-12-10-18(11-13-21)23-16-29-25(26-24(23)27(28)31-30-26)19-7-5-8-20(15-19)32(2)3/h4-5,7-14,16-17,20H,6,15H2,1-3H3,(H3,28,30,31). The molecule has 33 heavy (non-hydrogen) atoms. The van der Waals surface area contributed by atoms with Crippen molar-refractivity contribution in [1.82, 2.24) is 20.1 Å². The molecule has 0 fully saturated rings. The molecule has 2 aliphatic rings. The summed E-state index contributed by atoms with van der Waals surface area (Å²) in [5.41, 5.74) is 11.2. The van der Waals surface area contributed by atoms with Crippen LogP contribution in [-0.4, -0.2) is 40.2 Å². The normalized spacial score (nSPS) is 20.2. The van der Waals surface area contributed by atoms with Gasteiger partial charge in [0.25, 0.3) is 0 Å². The van der Waals surface area contributed by atoms with Gasteiger partial charge in [0.1, 0.15) is 11.5 Å². The molecule has 1 aromatic carbocycles. The molecule has 6 nitrogen and oxygen atoms in total. The predicted molar refractivity (Wildman–Crippen MR) is 135 cm³/mol. The van der Waals surface area contributed by atoms with Crippen molar-refractivity contribution in [3.63, 3.8) is 0 Å². The summed E-state index contributed by atoms with van der Waals surface area (Å²) < 4.78 is 6.04. The summed E-state index contributed by atoms with van der Waals surface area (Å²) in [6, 6.07) is 8.38. The van der Waals surface area contributed by atoms with Gasteiger partial charge in [0, 0.05) is 17.8 Å². The fourth-order valence-corrected chi connectivity index (χ4v) is 4.42. The lowest BCUT2D eigenvalue weighted by Crippen LogP contribution is -2.27. The molecule has 0 amide bonds. The fourth-order valence-electron chi connectivity index (χ4n) is 4.42. The summed E-state index contributed by atoms with van der Waals surface area (Å²) in [4.78, 5) is 7.05. The van der Waals surface area contributed by atoms with Gasteiger partial charge in [-0.15, -0.1) is 0 Å². The molecule has 6 heteroatoms. The Morgan fingerprint density at radius 2 is 2.00 bits per heavy atom. The number of likely N-dealkylation sites (N-methyl/N-ethyl adjacent to an activating group) is 1. The molecule has 5 rings (SSSR count). The zero-order valence-electron chi connectivity index (χ0n) is 19.2. The first-order chi connectivity index (χ1) is 16.0. The second-order valence-electron chi connectivity index (χ2n) is 9.00. The average Bonchev–Trinajstić information content (AvgIpc) is 3.21. The molecule has 0 saturated carbocycles. The highest BCUT2D eigenvalue weighted by atomic mass is 16.5. The van der Waals surface area contributed by atoms with Crippen molar-refractivity contribution in [1.29, 1.82) is 0 Å². The number of nitrogens with zero attached hydrogens (tertiary/aromatic N) is 3. The third-order valence-electron chi connectivity index (χ3n) is 6.29. The summed E-state index contributed by atoms with van der Waals surface area (Å²) in [6.07, 6.45) is 16.6. The first-order valence-electron chi connectivity index (χ1n) is 11.3. The zero-order valence-corrected chi connectivity index (χ0v) is 19.2. The van der Waals surface area contributed by atoms with E-state index in [0.29, 0.717) is 17.8 Å². The van der Waals surface area contributed by atoms with Crippen LogP contribution in [0.3, 0.4) is 0 Å². The second-order valence-corrected chi connectivity index (χ2v) is 9.00. The van der Waals surface area contributed by atoms with Gasteiger partial charge in [-0.2, -0.15) is 5.10 Å². The number of fused-ring (bicyclic) bond motifs is 1. The maximum atomic E-state index is 6.30. The summed E-state index contributed by atoms with van der Waals surface area (Å²) >= 11 is 0. The maximum Gasteiger partial charge on any atom is 0.153 e. The number of aromatic amines is 1. The monoisotopic (exact) mass is 439 g/mol. The number of ether oxygens (including phenoxy) is 1. The van der Waals surface area contributed by atoms with E-state index in [-0.39, 0.29) is 0 Å². The Bertz CT molecular complexity index is 1290. The van der Waals surface area contributed by atoms with Crippen molar-refractivity contribution >= 4 is 22.3 Å². The minimum Gasteiger partial charge on any atom is -0.458 e. The molecule has 2 heterocycles. The van der Waals surface area contributed by atoms with Gasteiger partial charge in [0.05, 0.1) is 16.6 Å². The van der Waals surface area contributed by atoms with Crippen molar-refractivity contribution in [3.8, 4) is 16.9 Å². The zero-order chi connectivity index (χ0) is 22.9. The van der Waals surface area contributed by atoms with E-state index in [2.05, 4.69) is 66.5 Å². The smallest absolute Gasteiger partial charge is 0.153 e. The molecule has 0 spiro atoms. The van der Waals surface area contributed by atoms with Crippen LogP contribution < -0.4 is 10.5 Å². The molecule has 0 bridgehead atoms. The summed E-state index contributed by atoms with van der Waals surface area (Å²) in [5.74, 6) is 2.67. The largest absolute Gasteiger partial charge is 0.458 e. The van der Waals surface area contributed by atoms with Crippen LogP contribution in [-0.2, 0) is 0 Å². The number of nitrogen functional groups attached to an aromatic ring is 1. The molecule has 2 aliphatic carbocycles. The van der Waals surface area contributed by atoms with Crippen LogP contribution in [0, 0.1) is 5.92 Å². The van der Waals surface area contributed by atoms with E-state index in [0.717, 1.165) is 52.1 Å². The highest BCUT2D eigenvalue weighted by Gasteiger charge is 2.21. The Kier molecular flexibility index (Phi) is 5.60. The minimum atomic E-state index is 0.339. The lowest BCUT2D eigenvalue weighted by molar-refractivity contribution is 0.346. The number of anilines is 1. The van der Waals surface area contributed by atoms with Crippen molar-refractivity contribution in [2.75, 3.05) is 19.8 Å². The third kappa shape index (κ3) is 4.22. The highest BCUT2D eigenvalue weighted by molar-refractivity contribution is 6.05. The van der Waals surface area contributed by atoms with Crippen LogP contribution in [0.15, 0.2) is 72.7 Å². The van der Waals surface area contributed by atoms with Gasteiger partial charge in [-0.3, -0.25) is 10.1 Å². The van der Waals surface area contributed by atoms with Crippen LogP contribution in [0.2, 0.25) is 0 Å². The van der Waals surface area contributed by atoms with Gasteiger partial charge in [0.2, 0.25) is 0 Å². The lowest BCUT2D eigenvalue weighted by Gasteiger charge is -2.24. The number of pyridine rings is 1. The van der Waals surface area contributed by atoms with Gasteiger partial charge in [-0.25, -0.2) is 0 Å².